The molecule has 1 aromatic carbocycles. The van der Waals surface area contributed by atoms with Crippen LogP contribution in [0, 0.1) is 0 Å². The van der Waals surface area contributed by atoms with E-state index in [0.717, 1.165) is 5.56 Å². The number of hydrogen-bond acceptors (Lipinski definition) is 4. The summed E-state index contributed by atoms with van der Waals surface area (Å²) in [6.45, 7) is 3.78. The quantitative estimate of drug-likeness (QED) is 0.888. The highest BCUT2D eigenvalue weighted by atomic mass is 16.7. The van der Waals surface area contributed by atoms with Gasteiger partial charge in [0, 0.05) is 12.7 Å². The highest BCUT2D eigenvalue weighted by Gasteiger charge is 2.42. The summed E-state index contributed by atoms with van der Waals surface area (Å²) >= 11 is 0. The third kappa shape index (κ3) is 2.09. The first-order valence-corrected chi connectivity index (χ1v) is 5.58. The molecule has 2 rings (SSSR count). The van der Waals surface area contributed by atoms with E-state index < -0.39 is 11.6 Å². The highest BCUT2D eigenvalue weighted by molar-refractivity contribution is 6.05. The molecule has 0 aliphatic carbocycles. The van der Waals surface area contributed by atoms with E-state index in [-0.39, 0.29) is 11.7 Å². The third-order valence-electron chi connectivity index (χ3n) is 2.92. The molecule has 1 aromatic rings. The van der Waals surface area contributed by atoms with Crippen LogP contribution in [-0.2, 0) is 9.57 Å². The molecule has 5 nitrogen and oxygen atoms in total. The largest absolute Gasteiger partial charge is 0.478 e. The first kappa shape index (κ1) is 12.6. The van der Waals surface area contributed by atoms with Gasteiger partial charge in [0.05, 0.1) is 5.56 Å². The number of ether oxygens (including phenoxy) is 1. The molecule has 1 aliphatic rings. The van der Waals surface area contributed by atoms with E-state index in [2.05, 4.69) is 5.16 Å². The van der Waals surface area contributed by atoms with Crippen LogP contribution in [0.3, 0.4) is 0 Å². The maximum absolute atomic E-state index is 10.8. The molecule has 1 unspecified atom stereocenters. The Morgan fingerprint density at radius 3 is 2.50 bits per heavy atom. The Bertz CT molecular complexity index is 490. The smallest absolute Gasteiger partial charge is 0.335 e. The van der Waals surface area contributed by atoms with Crippen LogP contribution in [0.1, 0.15) is 29.8 Å². The second kappa shape index (κ2) is 4.42. The van der Waals surface area contributed by atoms with Crippen molar-refractivity contribution in [1.29, 1.82) is 0 Å². The zero-order valence-electron chi connectivity index (χ0n) is 10.5. The molecule has 18 heavy (non-hydrogen) atoms. The minimum absolute atomic E-state index is 0.242. The van der Waals surface area contributed by atoms with E-state index in [0.29, 0.717) is 5.71 Å². The Balaban J connectivity index is 2.30. The molecule has 0 aromatic heterocycles. The Morgan fingerprint density at radius 2 is 2.00 bits per heavy atom. The summed E-state index contributed by atoms with van der Waals surface area (Å²) in [6, 6.07) is 6.49. The van der Waals surface area contributed by atoms with E-state index in [1.165, 1.54) is 12.1 Å². The Hall–Kier alpha value is -1.88. The second-order valence-corrected chi connectivity index (χ2v) is 4.67. The topological polar surface area (TPSA) is 68.1 Å². The van der Waals surface area contributed by atoms with Gasteiger partial charge in [0.25, 0.3) is 0 Å². The number of aromatic carboxylic acids is 1. The van der Waals surface area contributed by atoms with Crippen molar-refractivity contribution >= 4 is 11.7 Å². The molecule has 5 heteroatoms. The van der Waals surface area contributed by atoms with Crippen LogP contribution < -0.4 is 0 Å². The molecular weight excluding hydrogens is 234 g/mol. The summed E-state index contributed by atoms with van der Waals surface area (Å²) < 4.78 is 5.40. The average molecular weight is 249 g/mol. The minimum Gasteiger partial charge on any atom is -0.478 e. The van der Waals surface area contributed by atoms with E-state index >= 15 is 0 Å². The van der Waals surface area contributed by atoms with Gasteiger partial charge in [0.15, 0.2) is 5.60 Å². The van der Waals surface area contributed by atoms with Gasteiger partial charge in [-0.05, 0) is 26.0 Å². The monoisotopic (exact) mass is 249 g/mol. The van der Waals surface area contributed by atoms with Crippen molar-refractivity contribution < 1.29 is 19.5 Å². The molecular formula is C13H15NO4. The molecule has 1 atom stereocenters. The van der Waals surface area contributed by atoms with Crippen LogP contribution in [-0.4, -0.2) is 35.6 Å². The number of rotatable bonds is 3. The first-order chi connectivity index (χ1) is 8.45. The number of carbonyl (C=O) groups is 1. The number of benzene rings is 1. The lowest BCUT2D eigenvalue weighted by Crippen LogP contribution is -2.39. The molecule has 0 bridgehead atoms. The molecule has 96 valence electrons. The number of carboxylic acid groups (broad SMARTS) is 1. The standard InChI is InChI=1S/C13H15NO4/c1-13(2)11(17-3)10(14-18-13)8-4-6-9(7-5-8)12(15)16/h4-7,11H,1-3H3,(H,15,16). The molecule has 0 amide bonds. The van der Waals surface area contributed by atoms with E-state index in [4.69, 9.17) is 14.7 Å². The van der Waals surface area contributed by atoms with Crippen molar-refractivity contribution in [2.45, 2.75) is 25.6 Å². The van der Waals surface area contributed by atoms with Crippen LogP contribution in [0.4, 0.5) is 0 Å². The zero-order chi connectivity index (χ0) is 13.3. The van der Waals surface area contributed by atoms with Gasteiger partial charge in [-0.15, -0.1) is 0 Å². The summed E-state index contributed by atoms with van der Waals surface area (Å²) in [5.41, 5.74) is 1.21. The van der Waals surface area contributed by atoms with Crippen LogP contribution in [0.15, 0.2) is 29.4 Å². The minimum atomic E-state index is -0.949. The van der Waals surface area contributed by atoms with Gasteiger partial charge >= 0.3 is 5.97 Å². The van der Waals surface area contributed by atoms with E-state index in [1.54, 1.807) is 19.2 Å². The summed E-state index contributed by atoms with van der Waals surface area (Å²) in [5.74, 6) is -0.949. The molecule has 0 spiro atoms. The van der Waals surface area contributed by atoms with Crippen LogP contribution in [0.2, 0.25) is 0 Å². The zero-order valence-corrected chi connectivity index (χ0v) is 10.5. The molecule has 0 radical (unpaired) electrons. The average Bonchev–Trinajstić information content (AvgIpc) is 2.64. The lowest BCUT2D eigenvalue weighted by Gasteiger charge is -2.23. The lowest BCUT2D eigenvalue weighted by atomic mass is 9.93. The Morgan fingerprint density at radius 1 is 1.39 bits per heavy atom. The van der Waals surface area contributed by atoms with Crippen molar-refractivity contribution in [3.8, 4) is 0 Å². The number of nitrogens with zero attached hydrogens (tertiary/aromatic N) is 1. The third-order valence-corrected chi connectivity index (χ3v) is 2.92. The van der Waals surface area contributed by atoms with Crippen molar-refractivity contribution in [2.24, 2.45) is 5.16 Å². The van der Waals surface area contributed by atoms with Gasteiger partial charge < -0.3 is 14.7 Å². The summed E-state index contributed by atoms with van der Waals surface area (Å²) in [7, 11) is 1.60. The van der Waals surface area contributed by atoms with Gasteiger partial charge in [-0.25, -0.2) is 4.79 Å². The van der Waals surface area contributed by atoms with Gasteiger partial charge in [0.2, 0.25) is 0 Å². The van der Waals surface area contributed by atoms with Crippen molar-refractivity contribution in [3.05, 3.63) is 35.4 Å². The highest BCUT2D eigenvalue weighted by Crippen LogP contribution is 2.28. The fraction of sp³-hybridized carbons (Fsp3) is 0.385. The maximum Gasteiger partial charge on any atom is 0.335 e. The summed E-state index contributed by atoms with van der Waals surface area (Å²) in [5, 5.41) is 12.9. The Labute approximate surface area is 105 Å². The predicted octanol–water partition coefficient (Wildman–Crippen LogP) is 1.91. The van der Waals surface area contributed by atoms with Crippen molar-refractivity contribution in [3.63, 3.8) is 0 Å². The maximum atomic E-state index is 10.8. The first-order valence-electron chi connectivity index (χ1n) is 5.58. The molecule has 1 aliphatic heterocycles. The SMILES string of the molecule is COC1C(c2ccc(C(=O)O)cc2)=NOC1(C)C. The molecule has 1 N–H and O–H groups in total. The van der Waals surface area contributed by atoms with E-state index in [1.807, 2.05) is 13.8 Å². The number of oxime groups is 1. The van der Waals surface area contributed by atoms with Crippen molar-refractivity contribution in [2.75, 3.05) is 7.11 Å². The fourth-order valence-corrected chi connectivity index (χ4v) is 1.97. The van der Waals surface area contributed by atoms with Gasteiger partial charge in [-0.1, -0.05) is 17.3 Å². The normalized spacial score (nSPS) is 21.3. The van der Waals surface area contributed by atoms with Crippen LogP contribution in [0.25, 0.3) is 0 Å². The van der Waals surface area contributed by atoms with E-state index in [9.17, 15) is 4.79 Å². The number of carboxylic acids is 1. The summed E-state index contributed by atoms with van der Waals surface area (Å²) in [4.78, 5) is 16.1. The van der Waals surface area contributed by atoms with Gasteiger partial charge in [0.1, 0.15) is 11.8 Å². The number of methoxy groups -OCH3 is 1. The van der Waals surface area contributed by atoms with Crippen LogP contribution in [0.5, 0.6) is 0 Å². The molecule has 0 fully saturated rings. The Kier molecular flexibility index (Phi) is 3.09. The molecule has 0 saturated heterocycles. The molecule has 1 heterocycles. The van der Waals surface area contributed by atoms with Crippen LogP contribution >= 0.6 is 0 Å². The van der Waals surface area contributed by atoms with Gasteiger partial charge in [-0.3, -0.25) is 0 Å². The van der Waals surface area contributed by atoms with Crippen molar-refractivity contribution in [1.82, 2.24) is 0 Å². The second-order valence-electron chi connectivity index (χ2n) is 4.67. The summed E-state index contributed by atoms with van der Waals surface area (Å²) in [6.07, 6.45) is -0.270. The number of hydrogen-bond donors (Lipinski definition) is 1. The predicted molar refractivity (Wildman–Crippen MR) is 65.9 cm³/mol. The van der Waals surface area contributed by atoms with Gasteiger partial charge in [-0.2, -0.15) is 0 Å². The lowest BCUT2D eigenvalue weighted by molar-refractivity contribution is -0.0614. The molecule has 0 saturated carbocycles. The fourth-order valence-electron chi connectivity index (χ4n) is 1.97.